The van der Waals surface area contributed by atoms with Gasteiger partial charge in [0.25, 0.3) is 0 Å². The highest BCUT2D eigenvalue weighted by Gasteiger charge is 2.42. The summed E-state index contributed by atoms with van der Waals surface area (Å²) < 4.78 is 73.6. The fourth-order valence-corrected chi connectivity index (χ4v) is 2.70. The molecule has 0 spiro atoms. The molecular formula is C18H23F4NO3S. The molecule has 0 saturated heterocycles. The van der Waals surface area contributed by atoms with Gasteiger partial charge in [-0.25, -0.2) is 4.39 Å². The van der Waals surface area contributed by atoms with Crippen LogP contribution >= 0.6 is 0 Å². The smallest absolute Gasteiger partial charge is 0.392 e. The summed E-state index contributed by atoms with van der Waals surface area (Å²) in [5.41, 5.74) is 0.113. The topological polar surface area (TPSA) is 61.7 Å². The van der Waals surface area contributed by atoms with Crippen LogP contribution in [0, 0.1) is 11.7 Å². The van der Waals surface area contributed by atoms with E-state index in [-0.39, 0.29) is 17.9 Å². The standard InChI is InChI=1S/C18H23F4NO3S/c1-5-26-16(24)11-13(18(20,21)22)10-15(23-27(25)17(2,3)4)12-6-8-14(19)9-7-12/h6-9,13H,5,10-11H2,1-4H3. The van der Waals surface area contributed by atoms with E-state index >= 15 is 0 Å². The van der Waals surface area contributed by atoms with Gasteiger partial charge in [0.2, 0.25) is 0 Å². The zero-order valence-corrected chi connectivity index (χ0v) is 16.4. The first-order chi connectivity index (χ1) is 12.3. The second kappa shape index (κ2) is 9.54. The van der Waals surface area contributed by atoms with E-state index in [0.717, 1.165) is 12.1 Å². The number of rotatable bonds is 7. The first-order valence-corrected chi connectivity index (χ1v) is 9.43. The molecule has 0 heterocycles. The summed E-state index contributed by atoms with van der Waals surface area (Å²) in [5, 5.41) is 0. The van der Waals surface area contributed by atoms with Crippen molar-refractivity contribution in [1.29, 1.82) is 0 Å². The molecule has 1 rings (SSSR count). The van der Waals surface area contributed by atoms with Crippen LogP contribution in [-0.4, -0.2) is 33.8 Å². The third-order valence-corrected chi connectivity index (χ3v) is 4.95. The van der Waals surface area contributed by atoms with E-state index in [0.29, 0.717) is 0 Å². The second-order valence-electron chi connectivity index (χ2n) is 6.86. The van der Waals surface area contributed by atoms with E-state index in [1.54, 1.807) is 20.8 Å². The summed E-state index contributed by atoms with van der Waals surface area (Å²) >= 11 is -1.82. The lowest BCUT2D eigenvalue weighted by atomic mass is 9.94. The van der Waals surface area contributed by atoms with Gasteiger partial charge in [0, 0.05) is 12.0 Å². The van der Waals surface area contributed by atoms with Gasteiger partial charge in [-0.15, -0.1) is 0 Å². The molecule has 0 aliphatic carbocycles. The fraction of sp³-hybridized carbons (Fsp3) is 0.556. The minimum absolute atomic E-state index is 0.0314. The summed E-state index contributed by atoms with van der Waals surface area (Å²) in [6.45, 7) is 6.37. The number of benzene rings is 1. The number of halogens is 4. The van der Waals surface area contributed by atoms with Gasteiger partial charge in [0.05, 0.1) is 24.7 Å². The van der Waals surface area contributed by atoms with Crippen molar-refractivity contribution in [3.8, 4) is 0 Å². The number of hydrogen-bond donors (Lipinski definition) is 0. The summed E-state index contributed by atoms with van der Waals surface area (Å²) in [6, 6.07) is 4.70. The largest absolute Gasteiger partial charge is 0.591 e. The lowest BCUT2D eigenvalue weighted by Gasteiger charge is -2.22. The van der Waals surface area contributed by atoms with Gasteiger partial charge in [-0.2, -0.15) is 13.2 Å². The van der Waals surface area contributed by atoms with Crippen molar-refractivity contribution in [3.63, 3.8) is 0 Å². The van der Waals surface area contributed by atoms with Crippen LogP contribution in [0.25, 0.3) is 0 Å². The number of carbonyl (C=O) groups excluding carboxylic acids is 1. The Bertz CT molecular complexity index is 654. The Morgan fingerprint density at radius 3 is 2.19 bits per heavy atom. The van der Waals surface area contributed by atoms with Crippen LogP contribution in [0.1, 0.15) is 46.1 Å². The highest BCUT2D eigenvalue weighted by molar-refractivity contribution is 7.91. The van der Waals surface area contributed by atoms with Gasteiger partial charge in [0.15, 0.2) is 0 Å². The zero-order chi connectivity index (χ0) is 20.8. The molecule has 0 aromatic heterocycles. The van der Waals surface area contributed by atoms with Gasteiger partial charge < -0.3 is 9.29 Å². The molecule has 1 aromatic carbocycles. The average molecular weight is 409 g/mol. The third kappa shape index (κ3) is 7.88. The Morgan fingerprint density at radius 2 is 1.74 bits per heavy atom. The van der Waals surface area contributed by atoms with Crippen molar-refractivity contribution < 1.29 is 31.6 Å². The molecule has 0 aliphatic rings. The van der Waals surface area contributed by atoms with Gasteiger partial charge in [0.1, 0.15) is 21.9 Å². The summed E-state index contributed by atoms with van der Waals surface area (Å²) in [5.74, 6) is -3.60. The minimum Gasteiger partial charge on any atom is -0.591 e. The molecule has 1 aromatic rings. The van der Waals surface area contributed by atoms with Gasteiger partial charge in [-0.3, -0.25) is 4.79 Å². The van der Waals surface area contributed by atoms with Gasteiger partial charge >= 0.3 is 12.1 Å². The predicted molar refractivity (Wildman–Crippen MR) is 96.2 cm³/mol. The fourth-order valence-electron chi connectivity index (χ4n) is 2.05. The Labute approximate surface area is 159 Å². The molecule has 9 heteroatoms. The Hall–Kier alpha value is -1.61. The van der Waals surface area contributed by atoms with Crippen molar-refractivity contribution in [2.24, 2.45) is 10.3 Å². The van der Waals surface area contributed by atoms with Crippen molar-refractivity contribution >= 4 is 23.0 Å². The summed E-state index contributed by atoms with van der Waals surface area (Å²) in [4.78, 5) is 11.6. The Balaban J connectivity index is 3.25. The van der Waals surface area contributed by atoms with Crippen molar-refractivity contribution in [3.05, 3.63) is 35.6 Å². The van der Waals surface area contributed by atoms with E-state index in [9.17, 15) is 26.9 Å². The molecule has 0 saturated carbocycles. The number of alkyl halides is 3. The van der Waals surface area contributed by atoms with Gasteiger partial charge in [-0.1, -0.05) is 16.5 Å². The highest BCUT2D eigenvalue weighted by atomic mass is 32.2. The molecule has 2 unspecified atom stereocenters. The molecule has 4 nitrogen and oxygen atoms in total. The normalized spacial score (nSPS) is 15.4. The maximum Gasteiger partial charge on any atom is 0.392 e. The number of nitrogens with zero attached hydrogens (tertiary/aromatic N) is 1. The number of ether oxygens (including phenoxy) is 1. The zero-order valence-electron chi connectivity index (χ0n) is 15.6. The molecule has 0 radical (unpaired) electrons. The molecule has 152 valence electrons. The number of esters is 1. The summed E-state index contributed by atoms with van der Waals surface area (Å²) in [6.07, 6.45) is -6.23. The van der Waals surface area contributed by atoms with Crippen molar-refractivity contribution in [2.45, 2.75) is 51.5 Å². The lowest BCUT2D eigenvalue weighted by Crippen LogP contribution is -2.31. The lowest BCUT2D eigenvalue weighted by molar-refractivity contribution is -0.182. The molecule has 0 N–H and O–H groups in total. The van der Waals surface area contributed by atoms with Crippen molar-refractivity contribution in [2.75, 3.05) is 6.61 Å². The predicted octanol–water partition coefficient (Wildman–Crippen LogP) is 4.60. The van der Waals surface area contributed by atoms with Crippen LogP contribution in [-0.2, 0) is 20.9 Å². The van der Waals surface area contributed by atoms with Gasteiger partial charge in [-0.05, 0) is 39.8 Å². The first kappa shape index (κ1) is 23.4. The molecule has 27 heavy (non-hydrogen) atoms. The van der Waals surface area contributed by atoms with E-state index in [2.05, 4.69) is 9.13 Å². The number of carbonyl (C=O) groups is 1. The quantitative estimate of drug-likeness (QED) is 0.286. The highest BCUT2D eigenvalue weighted by Crippen LogP contribution is 2.34. The Morgan fingerprint density at radius 1 is 1.19 bits per heavy atom. The second-order valence-corrected chi connectivity index (χ2v) is 8.76. The van der Waals surface area contributed by atoms with Crippen LogP contribution in [0.15, 0.2) is 28.7 Å². The van der Waals surface area contributed by atoms with Crippen LogP contribution in [0.3, 0.4) is 0 Å². The maximum atomic E-state index is 13.4. The van der Waals surface area contributed by atoms with E-state index in [1.807, 2.05) is 0 Å². The minimum atomic E-state index is -4.68. The molecule has 0 fully saturated rings. The summed E-state index contributed by atoms with van der Waals surface area (Å²) in [7, 11) is 0. The molecule has 0 amide bonds. The van der Waals surface area contributed by atoms with E-state index in [4.69, 9.17) is 0 Å². The van der Waals surface area contributed by atoms with Crippen LogP contribution in [0.2, 0.25) is 0 Å². The Kier molecular flexibility index (Phi) is 8.28. The van der Waals surface area contributed by atoms with Crippen LogP contribution in [0.5, 0.6) is 0 Å². The van der Waals surface area contributed by atoms with Crippen LogP contribution < -0.4 is 0 Å². The molecule has 0 aliphatic heterocycles. The third-order valence-electron chi connectivity index (χ3n) is 3.52. The van der Waals surface area contributed by atoms with E-state index in [1.165, 1.54) is 19.1 Å². The maximum absolute atomic E-state index is 13.4. The molecule has 0 bridgehead atoms. The van der Waals surface area contributed by atoms with Crippen LogP contribution in [0.4, 0.5) is 17.6 Å². The molecule has 2 atom stereocenters. The average Bonchev–Trinajstić information content (AvgIpc) is 2.52. The molecular weight excluding hydrogens is 386 g/mol. The SMILES string of the molecule is CCOC(=O)CC(CC(=N[S+]([O-])C(C)(C)C)c1ccc(F)cc1)C(F)(F)F. The number of hydrogen-bond acceptors (Lipinski definition) is 4. The monoisotopic (exact) mass is 409 g/mol. The van der Waals surface area contributed by atoms with Crippen molar-refractivity contribution in [1.82, 2.24) is 0 Å². The van der Waals surface area contributed by atoms with E-state index < -0.39 is 52.8 Å². The first-order valence-electron chi connectivity index (χ1n) is 8.32.